The van der Waals surface area contributed by atoms with Gasteiger partial charge in [0.1, 0.15) is 0 Å². The Hall–Kier alpha value is -0.160. The molecular formula is C19H39NO3. The average Bonchev–Trinajstić information content (AvgIpc) is 2.51. The van der Waals surface area contributed by atoms with Crippen molar-refractivity contribution in [2.75, 3.05) is 47.1 Å². The topological polar surface area (TPSA) is 30.9 Å². The Balaban J connectivity index is 1.91. The Morgan fingerprint density at radius 2 is 1.43 bits per heavy atom. The molecule has 1 saturated carbocycles. The Labute approximate surface area is 143 Å². The number of nitrogens with zero attached hydrogens (tertiary/aromatic N) is 1. The van der Waals surface area contributed by atoms with E-state index in [4.69, 9.17) is 14.2 Å². The van der Waals surface area contributed by atoms with Crippen LogP contribution in [0.3, 0.4) is 0 Å². The molecule has 0 bridgehead atoms. The van der Waals surface area contributed by atoms with Gasteiger partial charge in [-0.05, 0) is 77.4 Å². The first-order chi connectivity index (χ1) is 11.3. The van der Waals surface area contributed by atoms with Gasteiger partial charge in [0.15, 0.2) is 0 Å². The van der Waals surface area contributed by atoms with Crippen molar-refractivity contribution in [3.05, 3.63) is 0 Å². The fraction of sp³-hybridized carbons (Fsp3) is 1.00. The fourth-order valence-electron chi connectivity index (χ4n) is 3.12. The number of ether oxygens (including phenoxy) is 3. The van der Waals surface area contributed by atoms with E-state index in [2.05, 4.69) is 11.8 Å². The smallest absolute Gasteiger partial charge is 0.0624 e. The zero-order valence-corrected chi connectivity index (χ0v) is 15.7. The van der Waals surface area contributed by atoms with E-state index >= 15 is 0 Å². The molecule has 4 heteroatoms. The van der Waals surface area contributed by atoms with E-state index in [1.807, 2.05) is 0 Å². The maximum absolute atomic E-state index is 5.86. The minimum absolute atomic E-state index is 0.450. The van der Waals surface area contributed by atoms with E-state index in [0.29, 0.717) is 12.2 Å². The zero-order chi connectivity index (χ0) is 16.8. The highest BCUT2D eigenvalue weighted by Crippen LogP contribution is 2.25. The van der Waals surface area contributed by atoms with Gasteiger partial charge in [0, 0.05) is 27.4 Å². The van der Waals surface area contributed by atoms with Crippen molar-refractivity contribution >= 4 is 0 Å². The fourth-order valence-corrected chi connectivity index (χ4v) is 3.12. The highest BCUT2D eigenvalue weighted by molar-refractivity contribution is 4.80. The molecule has 0 aromatic carbocycles. The van der Waals surface area contributed by atoms with Crippen LogP contribution in [0, 0.1) is 0 Å². The second kappa shape index (κ2) is 14.2. The first-order valence-corrected chi connectivity index (χ1v) is 9.65. The normalized spacial score (nSPS) is 20.9. The SMILES string of the molecule is CCCN(CCCCCOC)CCCCCOC1CC(OC)C1. The van der Waals surface area contributed by atoms with Gasteiger partial charge in [-0.1, -0.05) is 6.92 Å². The molecule has 1 fully saturated rings. The molecule has 0 atom stereocenters. The van der Waals surface area contributed by atoms with Crippen molar-refractivity contribution in [2.24, 2.45) is 0 Å². The Morgan fingerprint density at radius 1 is 0.783 bits per heavy atom. The van der Waals surface area contributed by atoms with Gasteiger partial charge < -0.3 is 19.1 Å². The summed E-state index contributed by atoms with van der Waals surface area (Å²) < 4.78 is 16.2. The summed E-state index contributed by atoms with van der Waals surface area (Å²) in [6.07, 6.45) is 11.9. The molecule has 1 aliphatic rings. The quantitative estimate of drug-likeness (QED) is 0.402. The van der Waals surface area contributed by atoms with Gasteiger partial charge in [-0.2, -0.15) is 0 Å². The molecule has 1 aliphatic carbocycles. The summed E-state index contributed by atoms with van der Waals surface area (Å²) in [6, 6.07) is 0. The zero-order valence-electron chi connectivity index (χ0n) is 15.7. The molecular weight excluding hydrogens is 290 g/mol. The highest BCUT2D eigenvalue weighted by atomic mass is 16.5. The molecule has 0 N–H and O–H groups in total. The lowest BCUT2D eigenvalue weighted by Gasteiger charge is -2.33. The molecule has 0 amide bonds. The van der Waals surface area contributed by atoms with Gasteiger partial charge in [-0.15, -0.1) is 0 Å². The average molecular weight is 330 g/mol. The summed E-state index contributed by atoms with van der Waals surface area (Å²) in [7, 11) is 3.58. The van der Waals surface area contributed by atoms with Gasteiger partial charge >= 0.3 is 0 Å². The minimum atomic E-state index is 0.450. The predicted molar refractivity (Wildman–Crippen MR) is 96.1 cm³/mol. The summed E-state index contributed by atoms with van der Waals surface area (Å²) in [6.45, 7) is 7.83. The lowest BCUT2D eigenvalue weighted by atomic mass is 9.92. The van der Waals surface area contributed by atoms with Crippen LogP contribution in [0.2, 0.25) is 0 Å². The van der Waals surface area contributed by atoms with Gasteiger partial charge in [0.2, 0.25) is 0 Å². The molecule has 138 valence electrons. The van der Waals surface area contributed by atoms with Crippen molar-refractivity contribution in [3.63, 3.8) is 0 Å². The van der Waals surface area contributed by atoms with Crippen LogP contribution in [0.1, 0.15) is 64.7 Å². The standard InChI is InChI=1S/C19H39NO3/c1-4-11-20(12-7-5-9-14-21-2)13-8-6-10-15-23-19-16-18(17-19)22-3/h18-19H,4-17H2,1-3H3. The van der Waals surface area contributed by atoms with E-state index in [0.717, 1.165) is 26.1 Å². The van der Waals surface area contributed by atoms with Crippen LogP contribution in [0.15, 0.2) is 0 Å². The van der Waals surface area contributed by atoms with Crippen LogP contribution >= 0.6 is 0 Å². The minimum Gasteiger partial charge on any atom is -0.385 e. The largest absolute Gasteiger partial charge is 0.385 e. The third-order valence-electron chi connectivity index (χ3n) is 4.72. The maximum atomic E-state index is 5.86. The summed E-state index contributed by atoms with van der Waals surface area (Å²) in [5, 5.41) is 0. The summed E-state index contributed by atoms with van der Waals surface area (Å²) in [5.41, 5.74) is 0. The molecule has 0 aromatic rings. The Bertz CT molecular complexity index is 257. The summed E-state index contributed by atoms with van der Waals surface area (Å²) in [4.78, 5) is 2.63. The van der Waals surface area contributed by atoms with Crippen LogP contribution in [-0.4, -0.2) is 64.2 Å². The number of hydrogen-bond donors (Lipinski definition) is 0. The Kier molecular flexibility index (Phi) is 12.9. The number of unbranched alkanes of at least 4 members (excludes halogenated alkanes) is 4. The third-order valence-corrected chi connectivity index (χ3v) is 4.72. The third kappa shape index (κ3) is 10.3. The van der Waals surface area contributed by atoms with Crippen molar-refractivity contribution < 1.29 is 14.2 Å². The van der Waals surface area contributed by atoms with Crippen LogP contribution in [0.4, 0.5) is 0 Å². The van der Waals surface area contributed by atoms with Crippen molar-refractivity contribution in [3.8, 4) is 0 Å². The van der Waals surface area contributed by atoms with E-state index in [1.54, 1.807) is 14.2 Å². The van der Waals surface area contributed by atoms with E-state index in [-0.39, 0.29) is 0 Å². The summed E-state index contributed by atoms with van der Waals surface area (Å²) in [5.74, 6) is 0. The van der Waals surface area contributed by atoms with Crippen LogP contribution in [0.5, 0.6) is 0 Å². The van der Waals surface area contributed by atoms with E-state index < -0.39 is 0 Å². The maximum Gasteiger partial charge on any atom is 0.0624 e. The van der Waals surface area contributed by atoms with E-state index in [1.165, 1.54) is 64.6 Å². The van der Waals surface area contributed by atoms with Crippen LogP contribution in [0.25, 0.3) is 0 Å². The monoisotopic (exact) mass is 329 g/mol. The van der Waals surface area contributed by atoms with Gasteiger partial charge in [-0.3, -0.25) is 0 Å². The first kappa shape index (κ1) is 20.9. The molecule has 0 aliphatic heterocycles. The molecule has 23 heavy (non-hydrogen) atoms. The molecule has 1 rings (SSSR count). The molecule has 0 saturated heterocycles. The molecule has 0 radical (unpaired) electrons. The number of methoxy groups -OCH3 is 2. The number of rotatable bonds is 16. The lowest BCUT2D eigenvalue weighted by Crippen LogP contribution is -2.37. The second-order valence-electron chi connectivity index (χ2n) is 6.78. The number of hydrogen-bond acceptors (Lipinski definition) is 4. The highest BCUT2D eigenvalue weighted by Gasteiger charge is 2.29. The molecule has 0 heterocycles. The van der Waals surface area contributed by atoms with Gasteiger partial charge in [0.25, 0.3) is 0 Å². The summed E-state index contributed by atoms with van der Waals surface area (Å²) >= 11 is 0. The second-order valence-corrected chi connectivity index (χ2v) is 6.78. The van der Waals surface area contributed by atoms with E-state index in [9.17, 15) is 0 Å². The van der Waals surface area contributed by atoms with Crippen molar-refractivity contribution in [2.45, 2.75) is 76.9 Å². The van der Waals surface area contributed by atoms with Gasteiger partial charge in [0.05, 0.1) is 12.2 Å². The predicted octanol–water partition coefficient (Wildman–Crippen LogP) is 3.88. The molecule has 4 nitrogen and oxygen atoms in total. The lowest BCUT2D eigenvalue weighted by molar-refractivity contribution is -0.0873. The van der Waals surface area contributed by atoms with Crippen molar-refractivity contribution in [1.29, 1.82) is 0 Å². The molecule has 0 aromatic heterocycles. The van der Waals surface area contributed by atoms with Crippen LogP contribution < -0.4 is 0 Å². The van der Waals surface area contributed by atoms with Crippen molar-refractivity contribution in [1.82, 2.24) is 4.90 Å². The van der Waals surface area contributed by atoms with Crippen LogP contribution in [-0.2, 0) is 14.2 Å². The Morgan fingerprint density at radius 3 is 2.00 bits per heavy atom. The first-order valence-electron chi connectivity index (χ1n) is 9.65. The molecule has 0 spiro atoms. The van der Waals surface area contributed by atoms with Gasteiger partial charge in [-0.25, -0.2) is 0 Å². The molecule has 0 unspecified atom stereocenters.